The Kier molecular flexibility index (Phi) is 3.08. The van der Waals surface area contributed by atoms with Crippen LogP contribution in [-0.2, 0) is 20.7 Å². The Morgan fingerprint density at radius 3 is 1.83 bits per heavy atom. The van der Waals surface area contributed by atoms with E-state index in [0.717, 1.165) is 25.7 Å². The fourth-order valence-electron chi connectivity index (χ4n) is 5.64. The van der Waals surface area contributed by atoms with Crippen molar-refractivity contribution in [2.45, 2.75) is 74.5 Å². The van der Waals surface area contributed by atoms with Crippen LogP contribution >= 0.6 is 0 Å². The minimum Gasteiger partial charge on any atom is -0.304 e. The van der Waals surface area contributed by atoms with Crippen LogP contribution in [0.25, 0.3) is 0 Å². The molecule has 4 aliphatic heterocycles. The van der Waals surface area contributed by atoms with Gasteiger partial charge < -0.3 is 10.6 Å². The van der Waals surface area contributed by atoms with Gasteiger partial charge in [-0.15, -0.1) is 0 Å². The second kappa shape index (κ2) is 4.99. The van der Waals surface area contributed by atoms with Crippen molar-refractivity contribution < 1.29 is 9.59 Å². The molecule has 4 fully saturated rings. The molecular formula is C20H24N2O2. The summed E-state index contributed by atoms with van der Waals surface area (Å²) in [4.78, 5) is 24.3. The van der Waals surface area contributed by atoms with Crippen molar-refractivity contribution in [3.8, 4) is 0 Å². The Morgan fingerprint density at radius 2 is 1.33 bits per heavy atom. The molecule has 0 amide bonds. The summed E-state index contributed by atoms with van der Waals surface area (Å²) in [6.07, 6.45) is 6.82. The highest BCUT2D eigenvalue weighted by molar-refractivity contribution is 5.83. The van der Waals surface area contributed by atoms with Gasteiger partial charge in [0.05, 0.1) is 11.1 Å². The van der Waals surface area contributed by atoms with Gasteiger partial charge in [0.2, 0.25) is 0 Å². The summed E-state index contributed by atoms with van der Waals surface area (Å²) in [7, 11) is 0. The minimum atomic E-state index is -0.177. The predicted octanol–water partition coefficient (Wildman–Crippen LogP) is 2.31. The number of carbonyl (C=O) groups is 2. The fraction of sp³-hybridized carbons (Fsp3) is 0.600. The van der Waals surface area contributed by atoms with Gasteiger partial charge in [-0.1, -0.05) is 24.3 Å². The van der Waals surface area contributed by atoms with Crippen LogP contribution in [0.4, 0.5) is 0 Å². The largest absolute Gasteiger partial charge is 0.304 e. The molecule has 0 spiro atoms. The molecule has 4 saturated heterocycles. The molecule has 0 radical (unpaired) electrons. The van der Waals surface area contributed by atoms with Crippen LogP contribution in [0.5, 0.6) is 0 Å². The molecule has 24 heavy (non-hydrogen) atoms. The maximum atomic E-state index is 12.2. The zero-order chi connectivity index (χ0) is 16.4. The van der Waals surface area contributed by atoms with Gasteiger partial charge in [-0.05, 0) is 36.8 Å². The first kappa shape index (κ1) is 14.8. The van der Waals surface area contributed by atoms with Gasteiger partial charge in [-0.3, -0.25) is 9.59 Å². The monoisotopic (exact) mass is 324 g/mol. The zero-order valence-electron chi connectivity index (χ0n) is 13.9. The Labute approximate surface area is 142 Å². The standard InChI is InChI=1S/C20H24N2O2/c23-17-9-15-4-6-19(11-17,21-15)13-2-1-3-14(8-13)20-7-5-16(22-20)10-18(24)12-20/h1-3,8,15-16,21-22H,4-7,9-12H2. The third kappa shape index (κ3) is 2.12. The molecule has 1 aromatic rings. The van der Waals surface area contributed by atoms with Gasteiger partial charge >= 0.3 is 0 Å². The first-order valence-corrected chi connectivity index (χ1v) is 9.27. The van der Waals surface area contributed by atoms with Crippen LogP contribution in [0.3, 0.4) is 0 Å². The van der Waals surface area contributed by atoms with E-state index in [1.54, 1.807) is 0 Å². The number of fused-ring (bicyclic) bond motifs is 4. The highest BCUT2D eigenvalue weighted by atomic mass is 16.1. The number of piperidine rings is 2. The van der Waals surface area contributed by atoms with Gasteiger partial charge in [-0.2, -0.15) is 0 Å². The van der Waals surface area contributed by atoms with E-state index < -0.39 is 0 Å². The summed E-state index contributed by atoms with van der Waals surface area (Å²) in [5.74, 6) is 0.762. The number of Topliss-reactive ketones (excluding diaryl/α,β-unsaturated/α-hetero) is 2. The molecule has 0 aromatic heterocycles. The quantitative estimate of drug-likeness (QED) is 0.876. The smallest absolute Gasteiger partial charge is 0.136 e. The second-order valence-corrected chi connectivity index (χ2v) is 8.34. The molecule has 0 saturated carbocycles. The predicted molar refractivity (Wildman–Crippen MR) is 90.6 cm³/mol. The van der Waals surface area contributed by atoms with Gasteiger partial charge in [0.1, 0.15) is 11.6 Å². The lowest BCUT2D eigenvalue weighted by Crippen LogP contribution is -2.49. The molecule has 4 bridgehead atoms. The highest BCUT2D eigenvalue weighted by Gasteiger charge is 2.48. The Bertz CT molecular complexity index is 673. The molecule has 4 heteroatoms. The summed E-state index contributed by atoms with van der Waals surface area (Å²) >= 11 is 0. The summed E-state index contributed by atoms with van der Waals surface area (Å²) in [5.41, 5.74) is 2.11. The van der Waals surface area contributed by atoms with E-state index in [4.69, 9.17) is 0 Å². The van der Waals surface area contributed by atoms with Crippen molar-refractivity contribution in [3.05, 3.63) is 35.4 Å². The number of benzene rings is 1. The Balaban J connectivity index is 1.53. The molecule has 5 rings (SSSR count). The van der Waals surface area contributed by atoms with E-state index in [9.17, 15) is 9.59 Å². The van der Waals surface area contributed by atoms with E-state index in [1.807, 2.05) is 0 Å². The molecule has 0 aliphatic carbocycles. The molecule has 4 heterocycles. The summed E-state index contributed by atoms with van der Waals surface area (Å²) in [6.45, 7) is 0. The normalized spacial score (nSPS) is 41.0. The van der Waals surface area contributed by atoms with Gasteiger partial charge in [0.25, 0.3) is 0 Å². The average Bonchev–Trinajstić information content (AvgIpc) is 3.05. The van der Waals surface area contributed by atoms with E-state index in [0.29, 0.717) is 49.3 Å². The maximum absolute atomic E-state index is 12.2. The van der Waals surface area contributed by atoms with Crippen LogP contribution < -0.4 is 10.6 Å². The molecule has 1 aromatic carbocycles. The van der Waals surface area contributed by atoms with E-state index >= 15 is 0 Å². The molecule has 4 nitrogen and oxygen atoms in total. The fourth-order valence-corrected chi connectivity index (χ4v) is 5.64. The number of hydrogen-bond donors (Lipinski definition) is 2. The number of carbonyl (C=O) groups excluding carboxylic acids is 2. The maximum Gasteiger partial charge on any atom is 0.136 e. The van der Waals surface area contributed by atoms with Crippen LogP contribution in [0, 0.1) is 0 Å². The SMILES string of the molecule is O=C1CC2CCC(c3cccc(C45CCC(CC(=O)C4)N5)c3)(C1)N2. The van der Waals surface area contributed by atoms with Crippen LogP contribution in [0.2, 0.25) is 0 Å². The summed E-state index contributed by atoms with van der Waals surface area (Å²) in [5, 5.41) is 7.44. The molecule has 2 N–H and O–H groups in total. The lowest BCUT2D eigenvalue weighted by molar-refractivity contribution is -0.123. The molecule has 4 unspecified atom stereocenters. The molecule has 4 atom stereocenters. The van der Waals surface area contributed by atoms with Crippen molar-refractivity contribution in [2.24, 2.45) is 0 Å². The van der Waals surface area contributed by atoms with Gasteiger partial charge in [0.15, 0.2) is 0 Å². The van der Waals surface area contributed by atoms with Crippen LogP contribution in [-0.4, -0.2) is 23.7 Å². The van der Waals surface area contributed by atoms with Crippen LogP contribution in [0.1, 0.15) is 62.5 Å². The van der Waals surface area contributed by atoms with Gasteiger partial charge in [-0.25, -0.2) is 0 Å². The highest BCUT2D eigenvalue weighted by Crippen LogP contribution is 2.45. The van der Waals surface area contributed by atoms with Crippen LogP contribution in [0.15, 0.2) is 24.3 Å². The minimum absolute atomic E-state index is 0.177. The third-order valence-corrected chi connectivity index (χ3v) is 6.71. The zero-order valence-corrected chi connectivity index (χ0v) is 13.9. The topological polar surface area (TPSA) is 58.2 Å². The van der Waals surface area contributed by atoms with E-state index in [-0.39, 0.29) is 11.1 Å². The first-order valence-electron chi connectivity index (χ1n) is 9.27. The van der Waals surface area contributed by atoms with Crippen molar-refractivity contribution in [1.82, 2.24) is 10.6 Å². The van der Waals surface area contributed by atoms with E-state index in [1.165, 1.54) is 11.1 Å². The average molecular weight is 324 g/mol. The summed E-state index contributed by atoms with van der Waals surface area (Å²) < 4.78 is 0. The molecular weight excluding hydrogens is 300 g/mol. The lowest BCUT2D eigenvalue weighted by atomic mass is 9.78. The van der Waals surface area contributed by atoms with Crippen molar-refractivity contribution in [3.63, 3.8) is 0 Å². The summed E-state index contributed by atoms with van der Waals surface area (Å²) in [6, 6.07) is 9.38. The Hall–Kier alpha value is -1.52. The van der Waals surface area contributed by atoms with Crippen molar-refractivity contribution in [1.29, 1.82) is 0 Å². The van der Waals surface area contributed by atoms with Crippen molar-refractivity contribution >= 4 is 11.6 Å². The Morgan fingerprint density at radius 1 is 0.833 bits per heavy atom. The molecule has 4 aliphatic rings. The molecule has 126 valence electrons. The first-order chi connectivity index (χ1) is 11.6. The number of rotatable bonds is 2. The lowest BCUT2D eigenvalue weighted by Gasteiger charge is -2.37. The number of hydrogen-bond acceptors (Lipinski definition) is 4. The second-order valence-electron chi connectivity index (χ2n) is 8.34. The number of ketones is 2. The third-order valence-electron chi connectivity index (χ3n) is 6.71. The van der Waals surface area contributed by atoms with E-state index in [2.05, 4.69) is 34.9 Å². The number of nitrogens with one attached hydrogen (secondary N) is 2. The van der Waals surface area contributed by atoms with Crippen molar-refractivity contribution in [2.75, 3.05) is 0 Å². The van der Waals surface area contributed by atoms with Gasteiger partial charge in [0, 0.05) is 37.8 Å².